The van der Waals surface area contributed by atoms with Gasteiger partial charge >= 0.3 is 5.97 Å². The molecule has 2 atom stereocenters. The van der Waals surface area contributed by atoms with Gasteiger partial charge in [-0.25, -0.2) is 4.39 Å². The highest BCUT2D eigenvalue weighted by Gasteiger charge is 2.48. The smallest absolute Gasteiger partial charge is 0.307 e. The summed E-state index contributed by atoms with van der Waals surface area (Å²) in [5.74, 6) is -3.09. The maximum Gasteiger partial charge on any atom is 0.307 e. The normalized spacial score (nSPS) is 21.0. The molecule has 1 aromatic carbocycles. The van der Waals surface area contributed by atoms with E-state index in [1.165, 1.54) is 38.4 Å². The first kappa shape index (κ1) is 20.4. The molecule has 2 amide bonds. The molecule has 10 heteroatoms. The topological polar surface area (TPSA) is 126 Å². The first-order valence-electron chi connectivity index (χ1n) is 8.52. The van der Waals surface area contributed by atoms with Crippen LogP contribution < -0.4 is 11.1 Å². The van der Waals surface area contributed by atoms with E-state index < -0.39 is 34.8 Å². The van der Waals surface area contributed by atoms with Crippen LogP contribution in [0.5, 0.6) is 0 Å². The fraction of sp³-hybridized carbons (Fsp3) is 0.263. The van der Waals surface area contributed by atoms with E-state index in [1.807, 2.05) is 6.07 Å². The van der Waals surface area contributed by atoms with Crippen LogP contribution in [0.15, 0.2) is 46.3 Å². The van der Waals surface area contributed by atoms with Crippen molar-refractivity contribution in [3.63, 3.8) is 0 Å². The summed E-state index contributed by atoms with van der Waals surface area (Å²) >= 11 is 1.01. The van der Waals surface area contributed by atoms with Crippen LogP contribution in [0.2, 0.25) is 0 Å². The molecule has 8 nitrogen and oxygen atoms in total. The Hall–Kier alpha value is -3.32. The zero-order valence-corrected chi connectivity index (χ0v) is 16.4. The summed E-state index contributed by atoms with van der Waals surface area (Å²) in [5, 5.41) is 11.7. The number of carbonyl (C=O) groups excluding carboxylic acids is 3. The van der Waals surface area contributed by atoms with Crippen molar-refractivity contribution in [2.75, 3.05) is 14.2 Å². The summed E-state index contributed by atoms with van der Waals surface area (Å²) in [6, 6.07) is 7.32. The Labute approximate surface area is 170 Å². The number of nitrogens with one attached hydrogen (secondary N) is 1. The molecule has 3 rings (SSSR count). The van der Waals surface area contributed by atoms with Gasteiger partial charge in [-0.3, -0.25) is 19.3 Å². The van der Waals surface area contributed by atoms with Crippen molar-refractivity contribution in [1.82, 2.24) is 10.2 Å². The van der Waals surface area contributed by atoms with Gasteiger partial charge in [-0.2, -0.15) is 5.26 Å². The number of rotatable bonds is 4. The van der Waals surface area contributed by atoms with Gasteiger partial charge in [-0.05, 0) is 17.7 Å². The molecule has 0 bridgehead atoms. The van der Waals surface area contributed by atoms with Crippen molar-refractivity contribution in [2.45, 2.75) is 17.6 Å². The summed E-state index contributed by atoms with van der Waals surface area (Å²) in [7, 11) is 2.63. The molecule has 0 unspecified atom stereocenters. The fourth-order valence-corrected chi connectivity index (χ4v) is 4.59. The Morgan fingerprint density at radius 2 is 2.03 bits per heavy atom. The number of ether oxygens (including phenoxy) is 1. The molecule has 29 heavy (non-hydrogen) atoms. The van der Waals surface area contributed by atoms with Gasteiger partial charge < -0.3 is 15.8 Å². The van der Waals surface area contributed by atoms with E-state index in [4.69, 9.17) is 5.73 Å². The maximum atomic E-state index is 13.4. The van der Waals surface area contributed by atoms with Gasteiger partial charge in [-0.15, -0.1) is 0 Å². The highest BCUT2D eigenvalue weighted by molar-refractivity contribution is 8.04. The second-order valence-corrected chi connectivity index (χ2v) is 7.45. The average Bonchev–Trinajstić information content (AvgIpc) is 3.03. The number of hydrogen-bond donors (Lipinski definition) is 2. The molecule has 1 aromatic rings. The third-order valence-electron chi connectivity index (χ3n) is 4.65. The highest BCUT2D eigenvalue weighted by atomic mass is 32.2. The number of carbonyl (C=O) groups is 3. The van der Waals surface area contributed by atoms with Gasteiger partial charge in [0.2, 0.25) is 5.91 Å². The first-order valence-corrected chi connectivity index (χ1v) is 9.40. The molecule has 150 valence electrons. The summed E-state index contributed by atoms with van der Waals surface area (Å²) in [5.41, 5.74) is 6.75. The van der Waals surface area contributed by atoms with Crippen molar-refractivity contribution in [1.29, 1.82) is 5.26 Å². The number of methoxy groups -OCH3 is 1. The lowest BCUT2D eigenvalue weighted by atomic mass is 9.82. The van der Waals surface area contributed by atoms with E-state index in [9.17, 15) is 24.0 Å². The SMILES string of the molecule is CNC(=O)C1=C2S[C@@H](CC(=O)OC)C(=O)N2C(N)=C(C#N)[C@H]1c1ccc(F)cc1. The molecule has 0 radical (unpaired) electrons. The molecule has 0 aromatic heterocycles. The minimum Gasteiger partial charge on any atom is -0.469 e. The summed E-state index contributed by atoms with van der Waals surface area (Å²) in [4.78, 5) is 38.4. The van der Waals surface area contributed by atoms with Crippen molar-refractivity contribution in [3.8, 4) is 6.07 Å². The van der Waals surface area contributed by atoms with Crippen LogP contribution in [0.3, 0.4) is 0 Å². The Morgan fingerprint density at radius 1 is 1.38 bits per heavy atom. The van der Waals surface area contributed by atoms with Gasteiger partial charge in [0.05, 0.1) is 41.7 Å². The van der Waals surface area contributed by atoms with Crippen molar-refractivity contribution < 1.29 is 23.5 Å². The predicted octanol–water partition coefficient (Wildman–Crippen LogP) is 1.08. The van der Waals surface area contributed by atoms with Gasteiger partial charge in [0.1, 0.15) is 16.9 Å². The monoisotopic (exact) mass is 416 g/mol. The van der Waals surface area contributed by atoms with Gasteiger partial charge in [0, 0.05) is 7.05 Å². The molecule has 0 spiro atoms. The van der Waals surface area contributed by atoms with Gasteiger partial charge in [0.25, 0.3) is 5.91 Å². The van der Waals surface area contributed by atoms with Crippen LogP contribution in [-0.2, 0) is 19.1 Å². The number of amides is 2. The largest absolute Gasteiger partial charge is 0.469 e. The lowest BCUT2D eigenvalue weighted by Gasteiger charge is -2.31. The van der Waals surface area contributed by atoms with Crippen LogP contribution in [0, 0.1) is 17.1 Å². The van der Waals surface area contributed by atoms with E-state index in [1.54, 1.807) is 0 Å². The minimum atomic E-state index is -0.885. The van der Waals surface area contributed by atoms with Crippen molar-refractivity contribution in [3.05, 3.63) is 57.6 Å². The number of benzene rings is 1. The molecular formula is C19H17FN4O4S. The number of thioether (sulfide) groups is 1. The van der Waals surface area contributed by atoms with Crippen LogP contribution in [0.1, 0.15) is 17.9 Å². The lowest BCUT2D eigenvalue weighted by Crippen LogP contribution is -2.39. The van der Waals surface area contributed by atoms with Crippen molar-refractivity contribution >= 4 is 29.5 Å². The molecule has 1 saturated heterocycles. The number of nitrogens with two attached hydrogens (primary N) is 1. The number of allylic oxidation sites excluding steroid dienone is 1. The zero-order valence-electron chi connectivity index (χ0n) is 15.6. The first-order chi connectivity index (χ1) is 13.8. The van der Waals surface area contributed by atoms with E-state index >= 15 is 0 Å². The number of nitrogens with zero attached hydrogens (tertiary/aromatic N) is 2. The Morgan fingerprint density at radius 3 is 2.59 bits per heavy atom. The van der Waals surface area contributed by atoms with E-state index in [2.05, 4.69) is 10.1 Å². The number of likely N-dealkylation sites (N-methyl/N-ethyl adjacent to an activating group) is 1. The molecule has 0 saturated carbocycles. The molecule has 2 aliphatic rings. The maximum absolute atomic E-state index is 13.4. The number of nitriles is 1. The third-order valence-corrected chi connectivity index (χ3v) is 5.93. The van der Waals surface area contributed by atoms with Crippen LogP contribution >= 0.6 is 11.8 Å². The zero-order chi connectivity index (χ0) is 21.3. The quantitative estimate of drug-likeness (QED) is 0.704. The average molecular weight is 416 g/mol. The molecule has 2 heterocycles. The van der Waals surface area contributed by atoms with Crippen LogP contribution in [0.4, 0.5) is 4.39 Å². The Balaban J connectivity index is 2.20. The summed E-state index contributed by atoms with van der Waals surface area (Å²) in [6.45, 7) is 0. The van der Waals surface area contributed by atoms with Crippen molar-refractivity contribution in [2.24, 2.45) is 5.73 Å². The molecule has 1 fully saturated rings. The van der Waals surface area contributed by atoms with E-state index in [0.29, 0.717) is 5.56 Å². The number of fused-ring (bicyclic) bond motifs is 1. The fourth-order valence-electron chi connectivity index (χ4n) is 3.27. The second kappa shape index (κ2) is 7.97. The number of halogens is 1. The van der Waals surface area contributed by atoms with Crippen LogP contribution in [0.25, 0.3) is 0 Å². The highest BCUT2D eigenvalue weighted by Crippen LogP contribution is 2.49. The summed E-state index contributed by atoms with van der Waals surface area (Å²) < 4.78 is 18.0. The van der Waals surface area contributed by atoms with Gasteiger partial charge in [-0.1, -0.05) is 23.9 Å². The number of hydrogen-bond acceptors (Lipinski definition) is 7. The van der Waals surface area contributed by atoms with Crippen LogP contribution in [-0.4, -0.2) is 42.1 Å². The number of esters is 1. The van der Waals surface area contributed by atoms with E-state index in [-0.39, 0.29) is 28.4 Å². The Bertz CT molecular complexity index is 996. The standard InChI is InChI=1S/C19H17FN4O4S/c1-23-17(26)15-14(9-3-5-10(20)6-4-9)11(8-21)16(22)24-18(27)12(29-19(15)24)7-13(25)28-2/h3-6,12,14H,7,22H2,1-2H3,(H,23,26)/t12-,14+/m0/s1. The summed E-state index contributed by atoms with van der Waals surface area (Å²) in [6.07, 6.45) is -0.211. The molecule has 2 aliphatic heterocycles. The van der Waals surface area contributed by atoms with E-state index in [0.717, 1.165) is 16.7 Å². The van der Waals surface area contributed by atoms with Gasteiger partial charge in [0.15, 0.2) is 0 Å². The molecule has 3 N–H and O–H groups in total. The molecular weight excluding hydrogens is 399 g/mol. The third kappa shape index (κ3) is 3.45. The lowest BCUT2D eigenvalue weighted by molar-refractivity contribution is -0.142. The molecule has 0 aliphatic carbocycles. The Kier molecular flexibility index (Phi) is 5.61. The predicted molar refractivity (Wildman–Crippen MR) is 102 cm³/mol. The second-order valence-electron chi connectivity index (χ2n) is 6.25. The minimum absolute atomic E-state index is 0.00775.